The van der Waals surface area contributed by atoms with Gasteiger partial charge in [0.15, 0.2) is 0 Å². The summed E-state index contributed by atoms with van der Waals surface area (Å²) in [5.74, 6) is 0. The van der Waals surface area contributed by atoms with Gasteiger partial charge in [0.25, 0.3) is 0 Å². The number of nitrogens with zero attached hydrogens (tertiary/aromatic N) is 1. The van der Waals surface area contributed by atoms with Crippen molar-refractivity contribution in [3.05, 3.63) is 41.2 Å². The molecule has 1 heterocycles. The van der Waals surface area contributed by atoms with E-state index < -0.39 is 0 Å². The Kier molecular flexibility index (Phi) is 5.17. The molecule has 2 rings (SSSR count). The van der Waals surface area contributed by atoms with Gasteiger partial charge in [-0.05, 0) is 49.7 Å². The summed E-state index contributed by atoms with van der Waals surface area (Å²) in [6, 6.07) is 0. The molecule has 0 saturated carbocycles. The predicted molar refractivity (Wildman–Crippen MR) is 66.9 cm³/mol. The van der Waals surface area contributed by atoms with Crippen LogP contribution in [0.2, 0.25) is 0 Å². The van der Waals surface area contributed by atoms with Gasteiger partial charge in [-0.1, -0.05) is 26.0 Å². The topological polar surface area (TPSA) is 3.24 Å². The molecule has 0 radical (unpaired) electrons. The standard InChI is InChI=1S/C12H15N.C2H6/c1-13-9-5-8-11-6-3-2-4-7-12(11)10-13;1-2/h2,4,6-7H,5,8-10H2,1H3;1-2H3. The number of rotatable bonds is 0. The van der Waals surface area contributed by atoms with Gasteiger partial charge in [-0.25, -0.2) is 0 Å². The minimum absolute atomic E-state index is 1.08. The zero-order valence-corrected chi connectivity index (χ0v) is 10.1. The molecule has 1 aliphatic carbocycles. The van der Waals surface area contributed by atoms with Crippen molar-refractivity contribution in [2.45, 2.75) is 26.7 Å². The molecular weight excluding hydrogens is 182 g/mol. The van der Waals surface area contributed by atoms with E-state index in [1.165, 1.54) is 30.5 Å². The first-order chi connectivity index (χ1) is 7.36. The first-order valence-corrected chi connectivity index (χ1v) is 5.86. The molecular formula is C14H21N. The van der Waals surface area contributed by atoms with Gasteiger partial charge in [0.2, 0.25) is 0 Å². The van der Waals surface area contributed by atoms with E-state index in [2.05, 4.69) is 35.9 Å². The lowest BCUT2D eigenvalue weighted by molar-refractivity contribution is 0.368. The fraction of sp³-hybridized carbons (Fsp3) is 0.500. The van der Waals surface area contributed by atoms with Gasteiger partial charge in [-0.15, -0.1) is 5.73 Å². The predicted octanol–water partition coefficient (Wildman–Crippen LogP) is 3.32. The van der Waals surface area contributed by atoms with E-state index in [9.17, 15) is 0 Å². The number of likely N-dealkylation sites (N-methyl/N-ethyl adjacent to an activating group) is 1. The van der Waals surface area contributed by atoms with E-state index in [4.69, 9.17) is 0 Å². The monoisotopic (exact) mass is 203 g/mol. The minimum Gasteiger partial charge on any atom is -0.302 e. The molecule has 0 aromatic rings. The molecule has 0 bridgehead atoms. The van der Waals surface area contributed by atoms with Crippen molar-refractivity contribution in [1.29, 1.82) is 0 Å². The zero-order valence-electron chi connectivity index (χ0n) is 10.1. The van der Waals surface area contributed by atoms with Crippen LogP contribution in [0.15, 0.2) is 41.2 Å². The average molecular weight is 203 g/mol. The molecule has 0 N–H and O–H groups in total. The second-order valence-electron chi connectivity index (χ2n) is 3.73. The van der Waals surface area contributed by atoms with Crippen molar-refractivity contribution in [3.8, 4) is 0 Å². The first kappa shape index (κ1) is 12.0. The van der Waals surface area contributed by atoms with Crippen LogP contribution in [0.4, 0.5) is 0 Å². The summed E-state index contributed by atoms with van der Waals surface area (Å²) in [7, 11) is 2.19. The molecule has 0 aromatic heterocycles. The molecule has 0 saturated heterocycles. The molecule has 2 aliphatic rings. The molecule has 1 aliphatic heterocycles. The van der Waals surface area contributed by atoms with E-state index in [0.717, 1.165) is 6.54 Å². The largest absolute Gasteiger partial charge is 0.302 e. The number of hydrogen-bond acceptors (Lipinski definition) is 1. The van der Waals surface area contributed by atoms with Gasteiger partial charge in [-0.2, -0.15) is 0 Å². The summed E-state index contributed by atoms with van der Waals surface area (Å²) < 4.78 is 0. The van der Waals surface area contributed by atoms with Crippen molar-refractivity contribution in [1.82, 2.24) is 4.90 Å². The highest BCUT2D eigenvalue weighted by atomic mass is 15.1. The SMILES string of the molecule is CC.CN1CCCC2=C(C=CC=C=C2)C1. The maximum Gasteiger partial charge on any atom is 0.0233 e. The molecule has 0 fully saturated rings. The molecule has 1 nitrogen and oxygen atoms in total. The van der Waals surface area contributed by atoms with Crippen molar-refractivity contribution in [2.75, 3.05) is 20.1 Å². The fourth-order valence-electron chi connectivity index (χ4n) is 1.86. The van der Waals surface area contributed by atoms with Crippen LogP contribution < -0.4 is 0 Å². The smallest absolute Gasteiger partial charge is 0.0233 e. The molecule has 0 spiro atoms. The highest BCUT2D eigenvalue weighted by Crippen LogP contribution is 2.20. The van der Waals surface area contributed by atoms with Gasteiger partial charge in [0.05, 0.1) is 0 Å². The Bertz CT molecular complexity index is 314. The van der Waals surface area contributed by atoms with Gasteiger partial charge in [-0.3, -0.25) is 0 Å². The van der Waals surface area contributed by atoms with Crippen LogP contribution in [0.25, 0.3) is 0 Å². The Labute approximate surface area is 93.5 Å². The molecule has 0 atom stereocenters. The Morgan fingerprint density at radius 2 is 2.07 bits per heavy atom. The second kappa shape index (κ2) is 6.44. The summed E-state index contributed by atoms with van der Waals surface area (Å²) in [4.78, 5) is 2.38. The minimum atomic E-state index is 1.08. The quantitative estimate of drug-likeness (QED) is 0.546. The summed E-state index contributed by atoms with van der Waals surface area (Å²) in [6.45, 7) is 6.29. The van der Waals surface area contributed by atoms with E-state index in [-0.39, 0.29) is 0 Å². The van der Waals surface area contributed by atoms with Crippen LogP contribution in [-0.4, -0.2) is 25.0 Å². The summed E-state index contributed by atoms with van der Waals surface area (Å²) in [5.41, 5.74) is 6.10. The zero-order chi connectivity index (χ0) is 11.1. The van der Waals surface area contributed by atoms with Gasteiger partial charge < -0.3 is 4.90 Å². The third kappa shape index (κ3) is 3.54. The lowest BCUT2D eigenvalue weighted by atomic mass is 10.1. The highest BCUT2D eigenvalue weighted by molar-refractivity contribution is 5.38. The molecule has 15 heavy (non-hydrogen) atoms. The van der Waals surface area contributed by atoms with E-state index in [1.54, 1.807) is 0 Å². The van der Waals surface area contributed by atoms with Gasteiger partial charge >= 0.3 is 0 Å². The van der Waals surface area contributed by atoms with Crippen molar-refractivity contribution in [2.24, 2.45) is 0 Å². The lowest BCUT2D eigenvalue weighted by Crippen LogP contribution is -2.20. The highest BCUT2D eigenvalue weighted by Gasteiger charge is 2.10. The number of allylic oxidation sites excluding steroid dienone is 3. The Balaban J connectivity index is 0.000000531. The van der Waals surface area contributed by atoms with Crippen LogP contribution in [0.5, 0.6) is 0 Å². The average Bonchev–Trinajstić information content (AvgIpc) is 2.55. The summed E-state index contributed by atoms with van der Waals surface area (Å²) in [5, 5.41) is 0. The van der Waals surface area contributed by atoms with Crippen molar-refractivity contribution >= 4 is 0 Å². The fourth-order valence-corrected chi connectivity index (χ4v) is 1.86. The van der Waals surface area contributed by atoms with Crippen LogP contribution in [0, 0.1) is 0 Å². The Morgan fingerprint density at radius 3 is 2.87 bits per heavy atom. The van der Waals surface area contributed by atoms with Crippen LogP contribution in [0.3, 0.4) is 0 Å². The van der Waals surface area contributed by atoms with Gasteiger partial charge in [0, 0.05) is 6.54 Å². The van der Waals surface area contributed by atoms with Crippen LogP contribution in [-0.2, 0) is 0 Å². The molecule has 82 valence electrons. The first-order valence-electron chi connectivity index (χ1n) is 5.86. The van der Waals surface area contributed by atoms with Crippen molar-refractivity contribution < 1.29 is 0 Å². The normalized spacial score (nSPS) is 20.2. The number of hydrogen-bond donors (Lipinski definition) is 0. The lowest BCUT2D eigenvalue weighted by Gasteiger charge is -2.13. The maximum atomic E-state index is 3.18. The summed E-state index contributed by atoms with van der Waals surface area (Å²) >= 11 is 0. The summed E-state index contributed by atoms with van der Waals surface area (Å²) in [6.07, 6.45) is 10.9. The molecule has 0 amide bonds. The third-order valence-corrected chi connectivity index (χ3v) is 2.59. The molecule has 0 unspecified atom stereocenters. The molecule has 0 aromatic carbocycles. The second-order valence-corrected chi connectivity index (χ2v) is 3.73. The maximum absolute atomic E-state index is 3.18. The van der Waals surface area contributed by atoms with Crippen LogP contribution in [0.1, 0.15) is 26.7 Å². The van der Waals surface area contributed by atoms with E-state index >= 15 is 0 Å². The Hall–Kier alpha value is -1.04. The third-order valence-electron chi connectivity index (χ3n) is 2.59. The van der Waals surface area contributed by atoms with Crippen LogP contribution >= 0.6 is 0 Å². The Morgan fingerprint density at radius 1 is 1.27 bits per heavy atom. The van der Waals surface area contributed by atoms with E-state index in [1.807, 2.05) is 19.9 Å². The molecule has 1 heteroatoms. The van der Waals surface area contributed by atoms with Gasteiger partial charge in [0.1, 0.15) is 0 Å². The van der Waals surface area contributed by atoms with E-state index in [0.29, 0.717) is 0 Å². The van der Waals surface area contributed by atoms with Crippen molar-refractivity contribution in [3.63, 3.8) is 0 Å².